The van der Waals surface area contributed by atoms with Gasteiger partial charge < -0.3 is 0 Å². The van der Waals surface area contributed by atoms with E-state index in [0.29, 0.717) is 0 Å². The van der Waals surface area contributed by atoms with E-state index in [1.807, 2.05) is 30.3 Å². The van der Waals surface area contributed by atoms with Crippen LogP contribution in [0.4, 0.5) is 5.69 Å². The largest absolute Gasteiger partial charge is 0.260 e. The Balaban J connectivity index is 2.48. The van der Waals surface area contributed by atoms with Crippen LogP contribution in [-0.2, 0) is 11.3 Å². The molecule has 0 fully saturated rings. The van der Waals surface area contributed by atoms with Crippen LogP contribution in [0.25, 0.3) is 0 Å². The molecule has 12 heavy (non-hydrogen) atoms. The van der Waals surface area contributed by atoms with Crippen LogP contribution in [0.1, 0.15) is 0 Å². The summed E-state index contributed by atoms with van der Waals surface area (Å²) in [7, 11) is 0. The van der Waals surface area contributed by atoms with E-state index in [4.69, 9.17) is 0 Å². The average Bonchev–Trinajstić information content (AvgIpc) is 2.14. The van der Waals surface area contributed by atoms with Gasteiger partial charge in [0.1, 0.15) is 16.7 Å². The van der Waals surface area contributed by atoms with Crippen molar-refractivity contribution in [2.45, 2.75) is 0 Å². The van der Waals surface area contributed by atoms with E-state index in [1.165, 1.54) is 0 Å². The van der Waals surface area contributed by atoms with Gasteiger partial charge in [0, 0.05) is 0 Å². The van der Waals surface area contributed by atoms with Gasteiger partial charge in [0.05, 0.1) is 5.69 Å². The van der Waals surface area contributed by atoms with Crippen LogP contribution in [0.5, 0.6) is 0 Å². The van der Waals surface area contributed by atoms with Crippen molar-refractivity contribution in [3.63, 3.8) is 0 Å². The molecule has 0 radical (unpaired) electrons. The fourth-order valence-electron chi connectivity index (χ4n) is 0.642. The first-order valence-corrected chi connectivity index (χ1v) is 4.05. The van der Waals surface area contributed by atoms with Gasteiger partial charge in [-0.2, -0.15) is 0 Å². The smallest absolute Gasteiger partial charge is 0.144 e. The van der Waals surface area contributed by atoms with Crippen LogP contribution >= 0.6 is 0 Å². The quantitative estimate of drug-likeness (QED) is 0.436. The zero-order valence-corrected chi connectivity index (χ0v) is 6.99. The van der Waals surface area contributed by atoms with Crippen molar-refractivity contribution < 1.29 is 4.21 Å². The van der Waals surface area contributed by atoms with Crippen molar-refractivity contribution in [1.29, 1.82) is 0 Å². The summed E-state index contributed by atoms with van der Waals surface area (Å²) in [4.78, 5) is 0. The maximum atomic E-state index is 9.82. The minimum absolute atomic E-state index is 0.261. The molecular formula is C7H7N3OS. The van der Waals surface area contributed by atoms with Crippen molar-refractivity contribution in [1.82, 2.24) is 0 Å². The normalized spacial score (nSPS) is 9.67. The summed E-state index contributed by atoms with van der Waals surface area (Å²) in [5.41, 5.74) is 4.60. The Morgan fingerprint density at radius 1 is 1.33 bits per heavy atom. The molecule has 0 aliphatic rings. The number of rotatable bonds is 3. The molecule has 1 aromatic rings. The number of nitrogens with one attached hydrogen (secondary N) is 1. The number of hydrogen-bond acceptors (Lipinski definition) is 2. The lowest BCUT2D eigenvalue weighted by molar-refractivity contribution is 0.701. The minimum Gasteiger partial charge on any atom is -0.260 e. The van der Waals surface area contributed by atoms with Crippen LogP contribution in [0, 0.1) is 0 Å². The van der Waals surface area contributed by atoms with Gasteiger partial charge in [0.15, 0.2) is 0 Å². The molecule has 0 saturated heterocycles. The molecule has 4 nitrogen and oxygen atoms in total. The summed E-state index contributed by atoms with van der Waals surface area (Å²) in [6.45, 7) is 0. The average molecular weight is 181 g/mol. The molecule has 0 saturated carbocycles. The molecule has 0 aliphatic carbocycles. The van der Waals surface area contributed by atoms with Crippen molar-refractivity contribution in [3.8, 4) is 0 Å². The Kier molecular flexibility index (Phi) is 3.73. The Morgan fingerprint density at radius 3 is 2.75 bits per heavy atom. The lowest BCUT2D eigenvalue weighted by atomic mass is 10.3. The first-order chi connectivity index (χ1) is 5.93. The predicted molar refractivity (Wildman–Crippen MR) is 49.1 cm³/mol. The molecule has 0 spiro atoms. The van der Waals surface area contributed by atoms with E-state index < -0.39 is 0 Å². The Morgan fingerprint density at radius 2 is 2.08 bits per heavy atom. The van der Waals surface area contributed by atoms with Crippen molar-refractivity contribution in [2.75, 3.05) is 5.43 Å². The molecule has 0 bridgehead atoms. The van der Waals surface area contributed by atoms with E-state index in [0.717, 1.165) is 11.2 Å². The Labute approximate surface area is 73.4 Å². The highest BCUT2D eigenvalue weighted by molar-refractivity contribution is 7.64. The maximum absolute atomic E-state index is 9.82. The lowest BCUT2D eigenvalue weighted by Crippen LogP contribution is -1.84. The summed E-state index contributed by atoms with van der Waals surface area (Å²) >= 11 is 0.261. The minimum atomic E-state index is 0.261. The monoisotopic (exact) mass is 181 g/mol. The van der Waals surface area contributed by atoms with Gasteiger partial charge in [0.25, 0.3) is 0 Å². The molecule has 62 valence electrons. The molecule has 0 aromatic heterocycles. The van der Waals surface area contributed by atoms with Gasteiger partial charge >= 0.3 is 0 Å². The van der Waals surface area contributed by atoms with Crippen LogP contribution in [-0.4, -0.2) is 9.70 Å². The third kappa shape index (κ3) is 3.07. The van der Waals surface area contributed by atoms with Crippen LogP contribution < -0.4 is 5.43 Å². The number of benzene rings is 1. The fourth-order valence-corrected chi connectivity index (χ4v) is 0.728. The van der Waals surface area contributed by atoms with Crippen molar-refractivity contribution in [2.24, 2.45) is 10.3 Å². The lowest BCUT2D eigenvalue weighted by Gasteiger charge is -1.94. The molecule has 1 N–H and O–H groups in total. The van der Waals surface area contributed by atoms with E-state index in [9.17, 15) is 4.21 Å². The van der Waals surface area contributed by atoms with E-state index in [2.05, 4.69) is 15.8 Å². The van der Waals surface area contributed by atoms with Gasteiger partial charge in [-0.1, -0.05) is 23.4 Å². The van der Waals surface area contributed by atoms with Gasteiger partial charge in [-0.15, -0.1) is 5.11 Å². The first kappa shape index (κ1) is 8.61. The molecule has 0 amide bonds. The van der Waals surface area contributed by atoms with E-state index in [-0.39, 0.29) is 11.3 Å². The van der Waals surface area contributed by atoms with Crippen molar-refractivity contribution in [3.05, 3.63) is 30.3 Å². The molecule has 0 atom stereocenters. The van der Waals surface area contributed by atoms with Gasteiger partial charge in [-0.25, -0.2) is 4.21 Å². The number of para-hydroxylation sites is 1. The molecule has 5 heteroatoms. The molecule has 0 unspecified atom stereocenters. The van der Waals surface area contributed by atoms with Crippen LogP contribution in [0.2, 0.25) is 0 Å². The summed E-state index contributed by atoms with van der Waals surface area (Å²) < 4.78 is 9.82. The van der Waals surface area contributed by atoms with Crippen molar-refractivity contribution >= 4 is 22.4 Å². The van der Waals surface area contributed by atoms with Crippen LogP contribution in [0.15, 0.2) is 40.7 Å². The number of anilines is 1. The summed E-state index contributed by atoms with van der Waals surface area (Å²) in [6, 6.07) is 9.36. The number of nitrogens with zero attached hydrogens (tertiary/aromatic N) is 2. The molecule has 1 aromatic carbocycles. The molecule has 0 heterocycles. The highest BCUT2D eigenvalue weighted by Crippen LogP contribution is 2.03. The topological polar surface area (TPSA) is 53.8 Å². The molecule has 0 aliphatic heterocycles. The summed E-state index contributed by atoms with van der Waals surface area (Å²) in [5.74, 6) is 0. The standard InChI is InChI=1S/C7H7N3OS/c11-12-6-8-10-9-7-4-2-1-3-5-7/h1-6H,(H,8,9). The highest BCUT2D eigenvalue weighted by Gasteiger charge is 1.82. The SMILES string of the molecule is O=S=CN=NNc1ccccc1. The second-order valence-corrected chi connectivity index (χ2v) is 2.30. The second-order valence-electron chi connectivity index (χ2n) is 1.89. The summed E-state index contributed by atoms with van der Waals surface area (Å²) in [5, 5.41) is 6.95. The van der Waals surface area contributed by atoms with Gasteiger partial charge in [0.2, 0.25) is 0 Å². The molecule has 1 rings (SSSR count). The zero-order chi connectivity index (χ0) is 8.65. The van der Waals surface area contributed by atoms with E-state index >= 15 is 0 Å². The first-order valence-electron chi connectivity index (χ1n) is 3.24. The zero-order valence-electron chi connectivity index (χ0n) is 6.18. The number of hydrogen-bond donors (Lipinski definition) is 1. The fraction of sp³-hybridized carbons (Fsp3) is 0. The highest BCUT2D eigenvalue weighted by atomic mass is 32.1. The molecular weight excluding hydrogens is 174 g/mol. The van der Waals surface area contributed by atoms with Gasteiger partial charge in [-0.3, -0.25) is 5.43 Å². The third-order valence-electron chi connectivity index (χ3n) is 1.10. The van der Waals surface area contributed by atoms with Crippen LogP contribution in [0.3, 0.4) is 0 Å². The van der Waals surface area contributed by atoms with E-state index in [1.54, 1.807) is 0 Å². The second kappa shape index (κ2) is 5.20. The Hall–Kier alpha value is -1.49. The summed E-state index contributed by atoms with van der Waals surface area (Å²) in [6.07, 6.45) is 0. The maximum Gasteiger partial charge on any atom is 0.144 e. The predicted octanol–water partition coefficient (Wildman–Crippen LogP) is 1.44. The van der Waals surface area contributed by atoms with Gasteiger partial charge in [-0.05, 0) is 12.1 Å². The third-order valence-corrected chi connectivity index (χ3v) is 1.28. The Bertz CT molecular complexity index is 306.